The summed E-state index contributed by atoms with van der Waals surface area (Å²) in [6, 6.07) is 4.51. The second-order valence-corrected chi connectivity index (χ2v) is 14.1. The molecule has 270 valence electrons. The van der Waals surface area contributed by atoms with Gasteiger partial charge >= 0.3 is 18.2 Å². The number of methoxy groups -OCH3 is 1. The fourth-order valence-electron chi connectivity index (χ4n) is 7.95. The van der Waals surface area contributed by atoms with E-state index in [1.807, 2.05) is 4.90 Å². The van der Waals surface area contributed by atoms with Gasteiger partial charge in [-0.05, 0) is 57.1 Å². The van der Waals surface area contributed by atoms with Crippen LogP contribution in [0.4, 0.5) is 22.4 Å². The fraction of sp³-hybridized carbons (Fsp3) is 0.743. The van der Waals surface area contributed by atoms with Gasteiger partial charge in [-0.2, -0.15) is 13.2 Å². The molecule has 3 aliphatic heterocycles. The third-order valence-electron chi connectivity index (χ3n) is 11.0. The Labute approximate surface area is 280 Å². The Bertz CT molecular complexity index is 1260. The zero-order chi connectivity index (χ0) is 35.1. The molecule has 1 saturated carbocycles. The monoisotopic (exact) mass is 685 g/mol. The number of carbonyl (C=O) groups excluding carboxylic acids is 2. The predicted octanol–water partition coefficient (Wildman–Crippen LogP) is 7.14. The van der Waals surface area contributed by atoms with Gasteiger partial charge in [-0.3, -0.25) is 9.69 Å². The van der Waals surface area contributed by atoms with Crippen LogP contribution < -0.4 is 4.74 Å². The number of unbranched alkanes of at least 4 members (excludes halogenated alkanes) is 1. The molecule has 0 aromatic heterocycles. The van der Waals surface area contributed by atoms with Gasteiger partial charge in [-0.25, -0.2) is 14.0 Å². The predicted molar refractivity (Wildman–Crippen MR) is 171 cm³/mol. The number of ether oxygens (including phenoxy) is 2. The quantitative estimate of drug-likeness (QED) is 0.291. The SMILES string of the molecule is CCCCC1CN(CC2CCCCC2)C(=O)OC12CCN(C1(C)CCN(C(=O)c3c(F)cccc3OC)CC1)CC2.O=C(O)C(F)(F)F. The number of likely N-dealkylation sites (tertiary alicyclic amines) is 2. The minimum atomic E-state index is -5.08. The van der Waals surface area contributed by atoms with Crippen LogP contribution in [0.5, 0.6) is 5.75 Å². The number of nitrogens with zero attached hydrogens (tertiary/aromatic N) is 3. The number of carboxylic acids is 1. The summed E-state index contributed by atoms with van der Waals surface area (Å²) in [4.78, 5) is 41.8. The molecular formula is C35H51F4N3O6. The fourth-order valence-corrected chi connectivity index (χ4v) is 7.95. The highest BCUT2D eigenvalue weighted by Gasteiger charge is 2.51. The minimum Gasteiger partial charge on any atom is -0.496 e. The van der Waals surface area contributed by atoms with Gasteiger partial charge in [0.15, 0.2) is 0 Å². The zero-order valence-corrected chi connectivity index (χ0v) is 28.5. The lowest BCUT2D eigenvalue weighted by molar-refractivity contribution is -0.192. The number of piperidine rings is 2. The van der Waals surface area contributed by atoms with Crippen LogP contribution in [0.1, 0.15) is 101 Å². The van der Waals surface area contributed by atoms with Crippen LogP contribution in [-0.4, -0.2) is 101 Å². The highest BCUT2D eigenvalue weighted by atomic mass is 19.4. The summed E-state index contributed by atoms with van der Waals surface area (Å²) in [6.07, 6.45) is 8.02. The number of hydrogen-bond acceptors (Lipinski definition) is 6. The van der Waals surface area contributed by atoms with E-state index in [9.17, 15) is 27.2 Å². The average Bonchev–Trinajstić information content (AvgIpc) is 3.06. The maximum atomic E-state index is 14.6. The van der Waals surface area contributed by atoms with Crippen LogP contribution in [0.15, 0.2) is 18.2 Å². The molecule has 0 radical (unpaired) electrons. The van der Waals surface area contributed by atoms with Gasteiger partial charge in [0.05, 0.1) is 7.11 Å². The van der Waals surface area contributed by atoms with Crippen molar-refractivity contribution in [1.29, 1.82) is 0 Å². The van der Waals surface area contributed by atoms with Crippen molar-refractivity contribution in [1.82, 2.24) is 14.7 Å². The maximum Gasteiger partial charge on any atom is 0.490 e. The summed E-state index contributed by atoms with van der Waals surface area (Å²) in [6.45, 7) is 9.18. The van der Waals surface area contributed by atoms with Crippen LogP contribution in [0, 0.1) is 17.7 Å². The van der Waals surface area contributed by atoms with Crippen LogP contribution in [0.3, 0.4) is 0 Å². The molecule has 1 atom stereocenters. The molecule has 1 spiro atoms. The zero-order valence-electron chi connectivity index (χ0n) is 28.5. The van der Waals surface area contributed by atoms with Gasteiger partial charge in [0.1, 0.15) is 22.7 Å². The van der Waals surface area contributed by atoms with E-state index in [0.717, 1.165) is 64.7 Å². The number of rotatable bonds is 8. The lowest BCUT2D eigenvalue weighted by atomic mass is 9.74. The van der Waals surface area contributed by atoms with Crippen molar-refractivity contribution >= 4 is 18.0 Å². The summed E-state index contributed by atoms with van der Waals surface area (Å²) in [5.74, 6) is -2.31. The van der Waals surface area contributed by atoms with Gasteiger partial charge in [-0.1, -0.05) is 45.1 Å². The van der Waals surface area contributed by atoms with Crippen molar-refractivity contribution in [3.8, 4) is 5.75 Å². The number of carbonyl (C=O) groups is 3. The van der Waals surface area contributed by atoms with Gasteiger partial charge in [0.2, 0.25) is 0 Å². The lowest BCUT2D eigenvalue weighted by Gasteiger charge is -2.55. The van der Waals surface area contributed by atoms with E-state index in [2.05, 4.69) is 18.7 Å². The van der Waals surface area contributed by atoms with Gasteiger partial charge in [0.25, 0.3) is 5.91 Å². The molecule has 1 aromatic rings. The van der Waals surface area contributed by atoms with E-state index in [0.29, 0.717) is 24.9 Å². The molecule has 1 N–H and O–H groups in total. The minimum absolute atomic E-state index is 0.0216. The molecule has 5 rings (SSSR count). The van der Waals surface area contributed by atoms with Gasteiger partial charge in [0, 0.05) is 63.6 Å². The molecule has 1 unspecified atom stereocenters. The smallest absolute Gasteiger partial charge is 0.490 e. The van der Waals surface area contributed by atoms with E-state index >= 15 is 0 Å². The number of aliphatic carboxylic acids is 1. The van der Waals surface area contributed by atoms with Crippen LogP contribution in [0.25, 0.3) is 0 Å². The average molecular weight is 686 g/mol. The molecule has 13 heteroatoms. The van der Waals surface area contributed by atoms with E-state index in [1.165, 1.54) is 51.7 Å². The van der Waals surface area contributed by atoms with Crippen LogP contribution in [0.2, 0.25) is 0 Å². The Balaban J connectivity index is 0.000000671. The van der Waals surface area contributed by atoms with Crippen molar-refractivity contribution in [3.05, 3.63) is 29.6 Å². The standard InChI is InChI=1S/C33H50FN3O4.C2HF3O2/c1-4-5-12-26-24-36(23-25-10-7-6-8-11-25)31(39)41-33(26)17-21-37(22-18-33)32(2)15-19-35(20-16-32)30(38)29-27(34)13-9-14-28(29)40-3;3-2(4,5)1(6)7/h9,13-14,25-26H,4-8,10-12,15-24H2,1-3H3;(H,6,7). The Morgan fingerprint density at radius 3 is 2.23 bits per heavy atom. The summed E-state index contributed by atoms with van der Waals surface area (Å²) in [7, 11) is 1.46. The van der Waals surface area contributed by atoms with E-state index in [4.69, 9.17) is 19.4 Å². The first-order valence-corrected chi connectivity index (χ1v) is 17.4. The summed E-state index contributed by atoms with van der Waals surface area (Å²) in [5, 5.41) is 7.12. The molecule has 2 amide bonds. The molecule has 1 aromatic carbocycles. The summed E-state index contributed by atoms with van der Waals surface area (Å²) < 4.78 is 58.0. The van der Waals surface area contributed by atoms with Gasteiger partial charge < -0.3 is 24.4 Å². The Kier molecular flexibility index (Phi) is 12.6. The van der Waals surface area contributed by atoms with Crippen molar-refractivity contribution in [2.45, 2.75) is 108 Å². The normalized spacial score (nSPS) is 23.2. The van der Waals surface area contributed by atoms with E-state index < -0.39 is 18.0 Å². The first kappa shape index (κ1) is 37.7. The van der Waals surface area contributed by atoms with Crippen molar-refractivity contribution in [2.24, 2.45) is 11.8 Å². The molecule has 3 heterocycles. The number of halogens is 4. The highest BCUT2D eigenvalue weighted by Crippen LogP contribution is 2.44. The Morgan fingerprint density at radius 1 is 1.04 bits per heavy atom. The Morgan fingerprint density at radius 2 is 1.67 bits per heavy atom. The number of carboxylic acid groups (broad SMARTS) is 1. The molecule has 1 aliphatic carbocycles. The molecule has 0 bridgehead atoms. The maximum absolute atomic E-state index is 14.6. The molecule has 9 nitrogen and oxygen atoms in total. The molecule has 4 fully saturated rings. The topological polar surface area (TPSA) is 99.6 Å². The first-order valence-electron chi connectivity index (χ1n) is 17.4. The molecule has 48 heavy (non-hydrogen) atoms. The molecule has 3 saturated heterocycles. The second kappa shape index (κ2) is 16.1. The highest BCUT2D eigenvalue weighted by molar-refractivity contribution is 5.97. The molecule has 4 aliphatic rings. The van der Waals surface area contributed by atoms with Crippen LogP contribution >= 0.6 is 0 Å². The number of amides is 2. The van der Waals surface area contributed by atoms with E-state index in [1.54, 1.807) is 17.0 Å². The number of benzene rings is 1. The van der Waals surface area contributed by atoms with E-state index in [-0.39, 0.29) is 34.5 Å². The lowest BCUT2D eigenvalue weighted by Crippen LogP contribution is -2.63. The summed E-state index contributed by atoms with van der Waals surface area (Å²) in [5.41, 5.74) is -0.379. The largest absolute Gasteiger partial charge is 0.496 e. The van der Waals surface area contributed by atoms with Crippen molar-refractivity contribution < 1.29 is 46.5 Å². The summed E-state index contributed by atoms with van der Waals surface area (Å²) >= 11 is 0. The van der Waals surface area contributed by atoms with Gasteiger partial charge in [-0.15, -0.1) is 0 Å². The Hall–Kier alpha value is -3.09. The van der Waals surface area contributed by atoms with Crippen molar-refractivity contribution in [2.75, 3.05) is 46.4 Å². The number of hydrogen-bond donors (Lipinski definition) is 1. The first-order chi connectivity index (χ1) is 22.7. The molecular weight excluding hydrogens is 634 g/mol. The van der Waals surface area contributed by atoms with Crippen LogP contribution in [-0.2, 0) is 9.53 Å². The van der Waals surface area contributed by atoms with Crippen molar-refractivity contribution in [3.63, 3.8) is 0 Å². The third-order valence-corrected chi connectivity index (χ3v) is 11.0. The number of alkyl halides is 3. The third kappa shape index (κ3) is 8.92. The second-order valence-electron chi connectivity index (χ2n) is 14.1.